The number of ether oxygens (including phenoxy) is 1. The van der Waals surface area contributed by atoms with E-state index in [0.717, 1.165) is 27.8 Å². The number of Topliss-reactive ketones (excluding diaryl/α,β-unsaturated/α-hetero) is 1. The lowest BCUT2D eigenvalue weighted by molar-refractivity contribution is 0.102. The number of nitrogens with zero attached hydrogens (tertiary/aromatic N) is 4. The van der Waals surface area contributed by atoms with Crippen molar-refractivity contribution < 1.29 is 13.9 Å². The van der Waals surface area contributed by atoms with E-state index in [1.54, 1.807) is 6.20 Å². The molecule has 154 valence electrons. The van der Waals surface area contributed by atoms with E-state index < -0.39 is 0 Å². The number of aromatic nitrogens is 4. The van der Waals surface area contributed by atoms with Crippen LogP contribution in [-0.2, 0) is 6.61 Å². The summed E-state index contributed by atoms with van der Waals surface area (Å²) in [6, 6.07) is 9.64. The van der Waals surface area contributed by atoms with Crippen molar-refractivity contribution >= 4 is 28.9 Å². The normalized spacial score (nSPS) is 11.0. The second-order valence-corrected chi connectivity index (χ2v) is 8.51. The maximum Gasteiger partial charge on any atom is 0.277 e. The number of aryl methyl sites for hydroxylation is 2. The van der Waals surface area contributed by atoms with Crippen LogP contribution in [0.3, 0.4) is 0 Å². The Morgan fingerprint density at radius 2 is 2.10 bits per heavy atom. The molecule has 0 bridgehead atoms. The highest BCUT2D eigenvalue weighted by molar-refractivity contribution is 7.99. The lowest BCUT2D eigenvalue weighted by Gasteiger charge is -2.05. The molecule has 4 aromatic rings. The van der Waals surface area contributed by atoms with Crippen LogP contribution in [0.5, 0.6) is 5.75 Å². The molecule has 0 saturated heterocycles. The van der Waals surface area contributed by atoms with Crippen molar-refractivity contribution in [2.24, 2.45) is 0 Å². The van der Waals surface area contributed by atoms with Gasteiger partial charge >= 0.3 is 0 Å². The Labute approximate surface area is 182 Å². The number of benzene rings is 1. The van der Waals surface area contributed by atoms with Crippen molar-refractivity contribution in [3.63, 3.8) is 0 Å². The average Bonchev–Trinajstić information content (AvgIpc) is 3.46. The van der Waals surface area contributed by atoms with Crippen molar-refractivity contribution in [2.75, 3.05) is 5.75 Å². The monoisotopic (exact) mass is 440 g/mol. The molecule has 0 aliphatic rings. The van der Waals surface area contributed by atoms with Crippen LogP contribution in [0.15, 0.2) is 51.5 Å². The molecule has 9 heteroatoms. The number of hydrogen-bond acceptors (Lipinski definition) is 8. The largest absolute Gasteiger partial charge is 0.484 e. The van der Waals surface area contributed by atoms with Crippen molar-refractivity contribution in [3.05, 3.63) is 70.3 Å². The van der Waals surface area contributed by atoms with Gasteiger partial charge in [-0.05, 0) is 44.5 Å². The van der Waals surface area contributed by atoms with Crippen LogP contribution in [0.25, 0.3) is 5.13 Å². The summed E-state index contributed by atoms with van der Waals surface area (Å²) in [5.41, 5.74) is 3.65. The van der Waals surface area contributed by atoms with Crippen LogP contribution in [0.4, 0.5) is 0 Å². The lowest BCUT2D eigenvalue weighted by atomic mass is 10.2. The van der Waals surface area contributed by atoms with Gasteiger partial charge in [0.1, 0.15) is 5.75 Å². The summed E-state index contributed by atoms with van der Waals surface area (Å²) in [6.07, 6.45) is 1.76. The molecular formula is C21H20N4O3S2. The molecule has 30 heavy (non-hydrogen) atoms. The van der Waals surface area contributed by atoms with E-state index in [1.807, 2.05) is 61.1 Å². The van der Waals surface area contributed by atoms with Crippen LogP contribution in [0.2, 0.25) is 0 Å². The number of rotatable bonds is 8. The molecule has 3 aromatic heterocycles. The van der Waals surface area contributed by atoms with Crippen molar-refractivity contribution in [2.45, 2.75) is 32.6 Å². The number of thiazole rings is 1. The van der Waals surface area contributed by atoms with E-state index in [9.17, 15) is 4.79 Å². The lowest BCUT2D eigenvalue weighted by Crippen LogP contribution is -2.05. The Kier molecular flexibility index (Phi) is 6.01. The zero-order valence-corrected chi connectivity index (χ0v) is 18.4. The maximum atomic E-state index is 12.8. The van der Waals surface area contributed by atoms with Crippen LogP contribution >= 0.6 is 23.1 Å². The standard InChI is InChI=1S/C21H20N4O3S2/c1-13-5-4-6-16(9-13)27-11-19-23-24-21(28-19)30-12-18(26)17-10-14(2)25(15(17)3)20-22-7-8-29-20/h4-10H,11-12H2,1-3H3. The summed E-state index contributed by atoms with van der Waals surface area (Å²) in [7, 11) is 0. The van der Waals surface area contributed by atoms with Gasteiger partial charge in [0.2, 0.25) is 0 Å². The van der Waals surface area contributed by atoms with E-state index >= 15 is 0 Å². The zero-order chi connectivity index (χ0) is 21.1. The molecule has 1 aromatic carbocycles. The summed E-state index contributed by atoms with van der Waals surface area (Å²) in [6.45, 7) is 6.08. The van der Waals surface area contributed by atoms with Gasteiger partial charge in [0.15, 0.2) is 17.5 Å². The summed E-state index contributed by atoms with van der Waals surface area (Å²) < 4.78 is 13.3. The molecule has 0 amide bonds. The van der Waals surface area contributed by atoms with E-state index in [-0.39, 0.29) is 18.1 Å². The SMILES string of the molecule is Cc1cccc(OCc2nnc(SCC(=O)c3cc(C)n(-c4nccs4)c3C)o2)c1. The Bertz CT molecular complexity index is 1170. The molecule has 0 aliphatic carbocycles. The van der Waals surface area contributed by atoms with Crippen molar-refractivity contribution in [3.8, 4) is 10.9 Å². The summed E-state index contributed by atoms with van der Waals surface area (Å²) in [4.78, 5) is 17.1. The van der Waals surface area contributed by atoms with Gasteiger partial charge in [-0.3, -0.25) is 9.36 Å². The van der Waals surface area contributed by atoms with Gasteiger partial charge in [0.25, 0.3) is 11.1 Å². The predicted molar refractivity (Wildman–Crippen MR) is 116 cm³/mol. The first-order valence-corrected chi connectivity index (χ1v) is 11.1. The molecule has 0 N–H and O–H groups in total. The van der Waals surface area contributed by atoms with Crippen molar-refractivity contribution in [1.29, 1.82) is 0 Å². The second kappa shape index (κ2) is 8.85. The summed E-state index contributed by atoms with van der Waals surface area (Å²) in [5.74, 6) is 1.33. The Hall–Kier alpha value is -2.91. The highest BCUT2D eigenvalue weighted by Crippen LogP contribution is 2.25. The minimum atomic E-state index is 0.00617. The van der Waals surface area contributed by atoms with Crippen LogP contribution in [0, 0.1) is 20.8 Å². The van der Waals surface area contributed by atoms with Gasteiger partial charge in [0.05, 0.1) is 5.75 Å². The van der Waals surface area contributed by atoms with E-state index in [2.05, 4.69) is 15.2 Å². The molecular weight excluding hydrogens is 420 g/mol. The van der Waals surface area contributed by atoms with E-state index in [1.165, 1.54) is 23.1 Å². The average molecular weight is 441 g/mol. The van der Waals surface area contributed by atoms with Gasteiger partial charge in [-0.25, -0.2) is 4.98 Å². The van der Waals surface area contributed by atoms with Gasteiger partial charge in [-0.15, -0.1) is 21.5 Å². The fraction of sp³-hybridized carbons (Fsp3) is 0.238. The van der Waals surface area contributed by atoms with E-state index in [0.29, 0.717) is 16.7 Å². The van der Waals surface area contributed by atoms with Gasteiger partial charge < -0.3 is 9.15 Å². The molecule has 0 unspecified atom stereocenters. The zero-order valence-electron chi connectivity index (χ0n) is 16.8. The molecule has 0 aliphatic heterocycles. The van der Waals surface area contributed by atoms with Crippen molar-refractivity contribution in [1.82, 2.24) is 19.7 Å². The van der Waals surface area contributed by atoms with E-state index in [4.69, 9.17) is 9.15 Å². The van der Waals surface area contributed by atoms with Crippen LogP contribution in [-0.4, -0.2) is 31.3 Å². The Morgan fingerprint density at radius 3 is 2.87 bits per heavy atom. The first-order valence-electron chi connectivity index (χ1n) is 9.28. The third kappa shape index (κ3) is 4.47. The number of carbonyl (C=O) groups excluding carboxylic acids is 1. The number of thioether (sulfide) groups is 1. The van der Waals surface area contributed by atoms with Gasteiger partial charge in [0, 0.05) is 28.5 Å². The third-order valence-electron chi connectivity index (χ3n) is 4.47. The molecule has 0 saturated carbocycles. The number of hydrogen-bond donors (Lipinski definition) is 0. The van der Waals surface area contributed by atoms with Gasteiger partial charge in [-0.2, -0.15) is 0 Å². The first kappa shape index (κ1) is 20.4. The Balaban J connectivity index is 1.36. The Morgan fingerprint density at radius 1 is 1.23 bits per heavy atom. The molecule has 7 nitrogen and oxygen atoms in total. The molecule has 0 fully saturated rings. The molecule has 0 spiro atoms. The topological polar surface area (TPSA) is 83.0 Å². The fourth-order valence-electron chi connectivity index (χ4n) is 3.08. The number of ketones is 1. The molecule has 0 radical (unpaired) electrons. The maximum absolute atomic E-state index is 12.8. The third-order valence-corrected chi connectivity index (χ3v) is 6.04. The second-order valence-electron chi connectivity index (χ2n) is 6.71. The highest BCUT2D eigenvalue weighted by Gasteiger charge is 2.19. The van der Waals surface area contributed by atoms with Crippen LogP contribution < -0.4 is 4.74 Å². The smallest absolute Gasteiger partial charge is 0.277 e. The quantitative estimate of drug-likeness (QED) is 0.287. The molecule has 0 atom stereocenters. The minimum absolute atomic E-state index is 0.00617. The van der Waals surface area contributed by atoms with Gasteiger partial charge in [-0.1, -0.05) is 23.9 Å². The van der Waals surface area contributed by atoms with Crippen LogP contribution in [0.1, 0.15) is 33.2 Å². The number of carbonyl (C=O) groups is 1. The summed E-state index contributed by atoms with van der Waals surface area (Å²) >= 11 is 2.76. The predicted octanol–water partition coefficient (Wildman–Crippen LogP) is 4.80. The molecule has 4 rings (SSSR count). The fourth-order valence-corrected chi connectivity index (χ4v) is 4.49. The summed E-state index contributed by atoms with van der Waals surface area (Å²) in [5, 5.41) is 11.1. The molecule has 3 heterocycles. The first-order chi connectivity index (χ1) is 14.5. The highest BCUT2D eigenvalue weighted by atomic mass is 32.2. The minimum Gasteiger partial charge on any atom is -0.484 e.